The predicted octanol–water partition coefficient (Wildman–Crippen LogP) is 5.32. The molecular formula is C30H32N2O6. The highest BCUT2D eigenvalue weighted by atomic mass is 16.7. The van der Waals surface area contributed by atoms with Gasteiger partial charge in [-0.1, -0.05) is 49.7 Å². The lowest BCUT2D eigenvalue weighted by atomic mass is 9.90. The van der Waals surface area contributed by atoms with Crippen LogP contribution in [0.3, 0.4) is 0 Å². The molecule has 0 aliphatic carbocycles. The minimum absolute atomic E-state index is 0.335. The van der Waals surface area contributed by atoms with Crippen molar-refractivity contribution in [3.05, 3.63) is 78.4 Å². The average molecular weight is 517 g/mol. The van der Waals surface area contributed by atoms with Crippen LogP contribution in [-0.2, 0) is 14.4 Å². The van der Waals surface area contributed by atoms with E-state index in [0.717, 1.165) is 24.1 Å². The van der Waals surface area contributed by atoms with Crippen LogP contribution in [0, 0.1) is 5.92 Å². The number of fused-ring (bicyclic) bond motifs is 1. The molecule has 2 heterocycles. The summed E-state index contributed by atoms with van der Waals surface area (Å²) in [6, 6.07) is 21.6. The molecule has 2 saturated heterocycles. The molecule has 2 aliphatic rings. The maximum atomic E-state index is 14.0. The first-order valence-electron chi connectivity index (χ1n) is 13.0. The number of hydrogen-bond acceptors (Lipinski definition) is 7. The lowest BCUT2D eigenvalue weighted by Gasteiger charge is -2.29. The van der Waals surface area contributed by atoms with E-state index in [1.54, 1.807) is 30.4 Å². The lowest BCUT2D eigenvalue weighted by molar-refractivity contribution is -0.126. The SMILES string of the molecule is CCCCOc1ccc([C@@H]2[C@@H]3C(=O)N(c4ccccc4OCC)C(=O)[C@H]3ON2c2ccccc2)cc1OC. The number of ether oxygens (including phenoxy) is 3. The second-order valence-corrected chi connectivity index (χ2v) is 9.18. The molecule has 3 aromatic carbocycles. The van der Waals surface area contributed by atoms with Gasteiger partial charge in [0.2, 0.25) is 5.91 Å². The van der Waals surface area contributed by atoms with Crippen LogP contribution < -0.4 is 24.2 Å². The highest BCUT2D eigenvalue weighted by Crippen LogP contribution is 2.49. The summed E-state index contributed by atoms with van der Waals surface area (Å²) in [5.74, 6) is 0.148. The molecule has 3 atom stereocenters. The number of anilines is 2. The maximum Gasteiger partial charge on any atom is 0.266 e. The second-order valence-electron chi connectivity index (χ2n) is 9.18. The molecule has 2 amide bonds. The van der Waals surface area contributed by atoms with Crippen molar-refractivity contribution in [2.24, 2.45) is 5.92 Å². The van der Waals surface area contributed by atoms with Gasteiger partial charge in [-0.3, -0.25) is 14.4 Å². The molecule has 0 unspecified atom stereocenters. The van der Waals surface area contributed by atoms with Crippen LogP contribution in [-0.4, -0.2) is 38.2 Å². The van der Waals surface area contributed by atoms with E-state index in [0.29, 0.717) is 36.1 Å². The summed E-state index contributed by atoms with van der Waals surface area (Å²) in [5, 5.41) is 1.67. The summed E-state index contributed by atoms with van der Waals surface area (Å²) in [7, 11) is 1.59. The number of unbranched alkanes of at least 4 members (excludes halogenated alkanes) is 1. The summed E-state index contributed by atoms with van der Waals surface area (Å²) in [6.07, 6.45) is 0.977. The zero-order valence-electron chi connectivity index (χ0n) is 21.8. The van der Waals surface area contributed by atoms with E-state index in [1.807, 2.05) is 61.5 Å². The van der Waals surface area contributed by atoms with E-state index in [4.69, 9.17) is 19.0 Å². The van der Waals surface area contributed by atoms with Gasteiger partial charge in [0, 0.05) is 0 Å². The largest absolute Gasteiger partial charge is 0.493 e. The molecule has 0 N–H and O–H groups in total. The second kappa shape index (κ2) is 11.1. The number of hydroxylamine groups is 1. The molecule has 3 aromatic rings. The zero-order valence-corrected chi connectivity index (χ0v) is 21.8. The Morgan fingerprint density at radius 2 is 1.61 bits per heavy atom. The third-order valence-corrected chi connectivity index (χ3v) is 6.82. The van der Waals surface area contributed by atoms with E-state index in [2.05, 4.69) is 6.92 Å². The number of imide groups is 1. The molecular weight excluding hydrogens is 484 g/mol. The van der Waals surface area contributed by atoms with Crippen molar-refractivity contribution in [1.29, 1.82) is 0 Å². The van der Waals surface area contributed by atoms with E-state index in [9.17, 15) is 9.59 Å². The Morgan fingerprint density at radius 1 is 0.842 bits per heavy atom. The van der Waals surface area contributed by atoms with Crippen LogP contribution in [0.15, 0.2) is 72.8 Å². The minimum atomic E-state index is -0.978. The molecule has 8 nitrogen and oxygen atoms in total. The van der Waals surface area contributed by atoms with Crippen LogP contribution in [0.25, 0.3) is 0 Å². The molecule has 0 aromatic heterocycles. The van der Waals surface area contributed by atoms with Gasteiger partial charge < -0.3 is 14.2 Å². The Balaban J connectivity index is 1.55. The number of nitrogens with zero attached hydrogens (tertiary/aromatic N) is 2. The summed E-state index contributed by atoms with van der Waals surface area (Å²) in [5.41, 5.74) is 1.95. The predicted molar refractivity (Wildman–Crippen MR) is 144 cm³/mol. The number of rotatable bonds is 10. The lowest BCUT2D eigenvalue weighted by Crippen LogP contribution is -2.37. The highest BCUT2D eigenvalue weighted by Gasteiger charge is 2.60. The average Bonchev–Trinajstić information content (AvgIpc) is 3.45. The number of para-hydroxylation sites is 3. The van der Waals surface area contributed by atoms with Crippen LogP contribution in [0.4, 0.5) is 11.4 Å². The van der Waals surface area contributed by atoms with Crippen molar-refractivity contribution in [1.82, 2.24) is 0 Å². The van der Waals surface area contributed by atoms with E-state index in [1.165, 1.54) is 4.90 Å². The smallest absolute Gasteiger partial charge is 0.266 e. The molecule has 2 aliphatic heterocycles. The molecule has 198 valence electrons. The molecule has 0 saturated carbocycles. The van der Waals surface area contributed by atoms with Crippen LogP contribution >= 0.6 is 0 Å². The fourth-order valence-corrected chi connectivity index (χ4v) is 5.02. The van der Waals surface area contributed by atoms with E-state index in [-0.39, 0.29) is 5.91 Å². The van der Waals surface area contributed by atoms with Gasteiger partial charge in [-0.15, -0.1) is 0 Å². The summed E-state index contributed by atoms with van der Waals surface area (Å²) >= 11 is 0. The number of carbonyl (C=O) groups excluding carboxylic acids is 2. The van der Waals surface area contributed by atoms with Gasteiger partial charge in [0.25, 0.3) is 5.91 Å². The number of benzene rings is 3. The van der Waals surface area contributed by atoms with Gasteiger partial charge in [-0.2, -0.15) is 0 Å². The van der Waals surface area contributed by atoms with Crippen molar-refractivity contribution in [2.45, 2.75) is 38.8 Å². The molecule has 0 spiro atoms. The third-order valence-electron chi connectivity index (χ3n) is 6.82. The third kappa shape index (κ3) is 4.56. The normalized spacial score (nSPS) is 20.6. The Morgan fingerprint density at radius 3 is 2.34 bits per heavy atom. The van der Waals surface area contributed by atoms with Crippen molar-refractivity contribution in [2.75, 3.05) is 30.3 Å². The molecule has 0 radical (unpaired) electrons. The maximum absolute atomic E-state index is 14.0. The number of methoxy groups -OCH3 is 1. The van der Waals surface area contributed by atoms with Gasteiger partial charge in [0.05, 0.1) is 37.7 Å². The van der Waals surface area contributed by atoms with Crippen molar-refractivity contribution in [3.63, 3.8) is 0 Å². The summed E-state index contributed by atoms with van der Waals surface area (Å²) < 4.78 is 17.3. The first-order valence-corrected chi connectivity index (χ1v) is 13.0. The van der Waals surface area contributed by atoms with Crippen molar-refractivity contribution >= 4 is 23.2 Å². The number of hydrogen-bond donors (Lipinski definition) is 0. The van der Waals surface area contributed by atoms with Gasteiger partial charge in [-0.25, -0.2) is 9.96 Å². The minimum Gasteiger partial charge on any atom is -0.493 e. The van der Waals surface area contributed by atoms with Gasteiger partial charge in [-0.05, 0) is 55.3 Å². The van der Waals surface area contributed by atoms with E-state index < -0.39 is 24.0 Å². The van der Waals surface area contributed by atoms with Gasteiger partial charge in [0.1, 0.15) is 11.7 Å². The van der Waals surface area contributed by atoms with Crippen LogP contribution in [0.5, 0.6) is 17.2 Å². The number of amides is 2. The quantitative estimate of drug-likeness (QED) is 0.266. The molecule has 0 bridgehead atoms. The monoisotopic (exact) mass is 516 g/mol. The molecule has 5 rings (SSSR count). The zero-order chi connectivity index (χ0) is 26.6. The standard InChI is InChI=1S/C30H32N2O6/c1-4-6-18-37-24-17-16-20(19-25(24)35-3)27-26-28(38-32(27)21-12-8-7-9-13-21)30(34)31(29(26)33)22-14-10-11-15-23(22)36-5-2/h7-17,19,26-28H,4-6,18H2,1-3H3/t26-,27+,28-/m0/s1. The molecule has 38 heavy (non-hydrogen) atoms. The first kappa shape index (κ1) is 25.6. The number of carbonyl (C=O) groups is 2. The molecule has 2 fully saturated rings. The van der Waals surface area contributed by atoms with Gasteiger partial charge >= 0.3 is 0 Å². The first-order chi connectivity index (χ1) is 18.6. The van der Waals surface area contributed by atoms with Crippen molar-refractivity contribution in [3.8, 4) is 17.2 Å². The Bertz CT molecular complexity index is 1300. The fourth-order valence-electron chi connectivity index (χ4n) is 5.02. The van der Waals surface area contributed by atoms with Crippen LogP contribution in [0.1, 0.15) is 38.3 Å². The summed E-state index contributed by atoms with van der Waals surface area (Å²) in [4.78, 5) is 35.2. The topological polar surface area (TPSA) is 77.5 Å². The molecule has 8 heteroatoms. The summed E-state index contributed by atoms with van der Waals surface area (Å²) in [6.45, 7) is 4.96. The van der Waals surface area contributed by atoms with Crippen LogP contribution in [0.2, 0.25) is 0 Å². The van der Waals surface area contributed by atoms with E-state index >= 15 is 0 Å². The Hall–Kier alpha value is -4.04. The Labute approximate surface area is 222 Å². The Kier molecular flexibility index (Phi) is 7.51. The highest BCUT2D eigenvalue weighted by molar-refractivity contribution is 6.24. The van der Waals surface area contributed by atoms with Gasteiger partial charge in [0.15, 0.2) is 17.6 Å². The fraction of sp³-hybridized carbons (Fsp3) is 0.333. The van der Waals surface area contributed by atoms with Crippen molar-refractivity contribution < 1.29 is 28.6 Å².